The van der Waals surface area contributed by atoms with E-state index in [0.717, 1.165) is 12.1 Å². The molecule has 0 unspecified atom stereocenters. The van der Waals surface area contributed by atoms with E-state index in [0.29, 0.717) is 5.56 Å². The molecule has 0 bridgehead atoms. The lowest BCUT2D eigenvalue weighted by molar-refractivity contribution is -0.137. The van der Waals surface area contributed by atoms with Gasteiger partial charge < -0.3 is 4.74 Å². The number of methoxy groups -OCH3 is 1. The number of ether oxygens (including phenoxy) is 1. The van der Waals surface area contributed by atoms with Gasteiger partial charge in [0.25, 0.3) is 0 Å². The highest BCUT2D eigenvalue weighted by Gasteiger charge is 2.33. The molecule has 0 aliphatic rings. The van der Waals surface area contributed by atoms with Crippen LogP contribution in [0.3, 0.4) is 0 Å². The minimum atomic E-state index is -4.51. The Morgan fingerprint density at radius 3 is 2.62 bits per heavy atom. The van der Waals surface area contributed by atoms with Crippen LogP contribution in [0.5, 0.6) is 0 Å². The molecule has 1 rings (SSSR count). The smallest absolute Gasteiger partial charge is 0.384 e. The molecule has 16 heavy (non-hydrogen) atoms. The number of benzene rings is 1. The minimum absolute atomic E-state index is 0.225. The van der Waals surface area contributed by atoms with E-state index >= 15 is 0 Å². The Morgan fingerprint density at radius 1 is 1.44 bits per heavy atom. The van der Waals surface area contributed by atoms with E-state index in [1.807, 2.05) is 0 Å². The van der Waals surface area contributed by atoms with Crippen molar-refractivity contribution in [1.82, 2.24) is 0 Å². The van der Waals surface area contributed by atoms with E-state index < -0.39 is 11.7 Å². The number of halogens is 3. The summed E-state index contributed by atoms with van der Waals surface area (Å²) in [5.74, 6) is 0. The normalized spacial score (nSPS) is 11.2. The second-order valence-electron chi connectivity index (χ2n) is 3.07. The lowest BCUT2D eigenvalue weighted by Crippen LogP contribution is -2.08. The van der Waals surface area contributed by atoms with Crippen molar-refractivity contribution in [3.05, 3.63) is 41.3 Å². The molecule has 0 aromatic heterocycles. The Kier molecular flexibility index (Phi) is 3.91. The number of hydrogen-bond donors (Lipinski definition) is 0. The molecule has 0 spiro atoms. The van der Waals surface area contributed by atoms with Gasteiger partial charge in [-0.15, -0.1) is 0 Å². The molecule has 2 nitrogen and oxygen atoms in total. The van der Waals surface area contributed by atoms with Crippen LogP contribution in [0.15, 0.2) is 18.2 Å². The molecule has 0 saturated heterocycles. The molecule has 0 fully saturated rings. The number of nitrogens with zero attached hydrogens (tertiary/aromatic N) is 1. The fourth-order valence-corrected chi connectivity index (χ4v) is 1.20. The van der Waals surface area contributed by atoms with Gasteiger partial charge in [0.1, 0.15) is 0 Å². The highest BCUT2D eigenvalue weighted by molar-refractivity contribution is 5.43. The van der Waals surface area contributed by atoms with Crippen molar-refractivity contribution in [1.29, 1.82) is 5.26 Å². The molecule has 0 saturated carbocycles. The summed E-state index contributed by atoms with van der Waals surface area (Å²) in [5.41, 5.74) is -0.907. The van der Waals surface area contributed by atoms with Crippen LogP contribution in [0.4, 0.5) is 13.2 Å². The summed E-state index contributed by atoms with van der Waals surface area (Å²) in [6, 6.07) is 5.07. The Labute approximate surface area is 91.3 Å². The zero-order chi connectivity index (χ0) is 12.2. The molecule has 5 heteroatoms. The Balaban J connectivity index is 3.08. The predicted octanol–water partition coefficient (Wildman–Crippen LogP) is 2.78. The van der Waals surface area contributed by atoms with E-state index in [-0.39, 0.29) is 12.2 Å². The summed E-state index contributed by atoms with van der Waals surface area (Å²) in [6.07, 6.45) is -3.00. The Hall–Kier alpha value is -1.54. The van der Waals surface area contributed by atoms with Crippen molar-refractivity contribution in [3.63, 3.8) is 0 Å². The summed E-state index contributed by atoms with van der Waals surface area (Å²) in [6.45, 7) is 0.225. The summed E-state index contributed by atoms with van der Waals surface area (Å²) in [7, 11) is 1.45. The molecule has 85 valence electrons. The van der Waals surface area contributed by atoms with Crippen molar-refractivity contribution in [2.75, 3.05) is 13.7 Å². The SMILES string of the molecule is COC[CH]c1ccc(C#N)c(C(F)(F)F)c1. The van der Waals surface area contributed by atoms with Crippen LogP contribution in [0.25, 0.3) is 0 Å². The molecule has 0 aliphatic carbocycles. The first kappa shape index (κ1) is 12.5. The van der Waals surface area contributed by atoms with Gasteiger partial charge in [0.15, 0.2) is 0 Å². The zero-order valence-electron chi connectivity index (χ0n) is 8.51. The van der Waals surface area contributed by atoms with Gasteiger partial charge in [-0.1, -0.05) is 6.07 Å². The largest absolute Gasteiger partial charge is 0.417 e. The van der Waals surface area contributed by atoms with Crippen molar-refractivity contribution in [2.45, 2.75) is 6.18 Å². The quantitative estimate of drug-likeness (QED) is 0.796. The monoisotopic (exact) mass is 228 g/mol. The lowest BCUT2D eigenvalue weighted by Gasteiger charge is -2.10. The van der Waals surface area contributed by atoms with Crippen LogP contribution < -0.4 is 0 Å². The first-order valence-electron chi connectivity index (χ1n) is 4.42. The predicted molar refractivity (Wildman–Crippen MR) is 51.4 cm³/mol. The second kappa shape index (κ2) is 4.99. The lowest BCUT2D eigenvalue weighted by atomic mass is 10.0. The topological polar surface area (TPSA) is 33.0 Å². The molecular weight excluding hydrogens is 219 g/mol. The maximum absolute atomic E-state index is 12.5. The van der Waals surface area contributed by atoms with Gasteiger partial charge in [0.2, 0.25) is 0 Å². The molecule has 0 aliphatic heterocycles. The van der Waals surface area contributed by atoms with Gasteiger partial charge in [-0.05, 0) is 17.7 Å². The molecule has 0 N–H and O–H groups in total. The Bertz CT molecular complexity index is 407. The van der Waals surface area contributed by atoms with Crippen LogP contribution in [-0.4, -0.2) is 13.7 Å². The third kappa shape index (κ3) is 2.97. The molecule has 1 aromatic rings. The van der Waals surface area contributed by atoms with Crippen LogP contribution in [0, 0.1) is 17.8 Å². The van der Waals surface area contributed by atoms with Crippen LogP contribution in [0.1, 0.15) is 16.7 Å². The summed E-state index contributed by atoms with van der Waals surface area (Å²) in [5, 5.41) is 8.56. The van der Waals surface area contributed by atoms with Crippen LogP contribution >= 0.6 is 0 Å². The third-order valence-electron chi connectivity index (χ3n) is 1.96. The summed E-state index contributed by atoms with van der Waals surface area (Å²) >= 11 is 0. The van der Waals surface area contributed by atoms with Crippen molar-refractivity contribution in [2.24, 2.45) is 0 Å². The van der Waals surface area contributed by atoms with Crippen molar-refractivity contribution >= 4 is 0 Å². The van der Waals surface area contributed by atoms with Gasteiger partial charge in [0.05, 0.1) is 23.8 Å². The summed E-state index contributed by atoms with van der Waals surface area (Å²) in [4.78, 5) is 0. The van der Waals surface area contributed by atoms with Crippen LogP contribution in [-0.2, 0) is 10.9 Å². The standard InChI is InChI=1S/C11H9F3NO/c1-16-5-4-8-2-3-9(7-15)10(6-8)11(12,13)14/h2-4,6H,5H2,1H3. The molecule has 0 amide bonds. The molecular formula is C11H9F3NO. The third-order valence-corrected chi connectivity index (χ3v) is 1.96. The fourth-order valence-electron chi connectivity index (χ4n) is 1.20. The van der Waals surface area contributed by atoms with Crippen molar-refractivity contribution < 1.29 is 17.9 Å². The maximum atomic E-state index is 12.5. The highest BCUT2D eigenvalue weighted by Crippen LogP contribution is 2.32. The first-order chi connectivity index (χ1) is 7.49. The number of alkyl halides is 3. The van der Waals surface area contributed by atoms with E-state index in [1.165, 1.54) is 25.7 Å². The van der Waals surface area contributed by atoms with E-state index in [1.54, 1.807) is 0 Å². The van der Waals surface area contributed by atoms with E-state index in [4.69, 9.17) is 10.00 Å². The average Bonchev–Trinajstić information content (AvgIpc) is 2.24. The Morgan fingerprint density at radius 2 is 2.12 bits per heavy atom. The minimum Gasteiger partial charge on any atom is -0.384 e. The van der Waals surface area contributed by atoms with E-state index in [2.05, 4.69) is 0 Å². The van der Waals surface area contributed by atoms with Crippen molar-refractivity contribution in [3.8, 4) is 6.07 Å². The maximum Gasteiger partial charge on any atom is 0.417 e. The molecule has 1 aromatic carbocycles. The second-order valence-corrected chi connectivity index (χ2v) is 3.07. The molecule has 0 heterocycles. The number of rotatable bonds is 3. The van der Waals surface area contributed by atoms with Gasteiger partial charge in [-0.25, -0.2) is 0 Å². The molecule has 1 radical (unpaired) electrons. The fraction of sp³-hybridized carbons (Fsp3) is 0.273. The average molecular weight is 228 g/mol. The highest BCUT2D eigenvalue weighted by atomic mass is 19.4. The number of hydrogen-bond acceptors (Lipinski definition) is 2. The van der Waals surface area contributed by atoms with Gasteiger partial charge in [-0.3, -0.25) is 0 Å². The first-order valence-corrected chi connectivity index (χ1v) is 4.42. The number of nitriles is 1. The van der Waals surface area contributed by atoms with Crippen LogP contribution in [0.2, 0.25) is 0 Å². The molecule has 0 atom stereocenters. The van der Waals surface area contributed by atoms with Gasteiger partial charge in [-0.2, -0.15) is 18.4 Å². The van der Waals surface area contributed by atoms with Gasteiger partial charge >= 0.3 is 6.18 Å². The zero-order valence-corrected chi connectivity index (χ0v) is 8.51. The summed E-state index contributed by atoms with van der Waals surface area (Å²) < 4.78 is 42.3. The van der Waals surface area contributed by atoms with E-state index in [9.17, 15) is 13.2 Å². The van der Waals surface area contributed by atoms with Gasteiger partial charge in [0, 0.05) is 13.5 Å².